The largest absolute Gasteiger partial charge is 0.445 e. The van der Waals surface area contributed by atoms with Gasteiger partial charge in [-0.05, 0) is 34.4 Å². The Morgan fingerprint density at radius 1 is 0.912 bits per heavy atom. The van der Waals surface area contributed by atoms with Gasteiger partial charge >= 0.3 is 6.09 Å². The van der Waals surface area contributed by atoms with E-state index in [1.807, 2.05) is 97.9 Å². The second-order valence-electron chi connectivity index (χ2n) is 9.36. The number of rotatable bonds is 9. The van der Waals surface area contributed by atoms with Gasteiger partial charge in [-0.15, -0.1) is 0 Å². The van der Waals surface area contributed by atoms with E-state index >= 15 is 0 Å². The van der Waals surface area contributed by atoms with Crippen LogP contribution in [0.2, 0.25) is 0 Å². The van der Waals surface area contributed by atoms with Crippen molar-refractivity contribution >= 4 is 12.0 Å². The number of carbonyl (C=O) groups excluding carboxylic acids is 2. The summed E-state index contributed by atoms with van der Waals surface area (Å²) in [5.41, 5.74) is 2.79. The third-order valence-electron chi connectivity index (χ3n) is 6.94. The van der Waals surface area contributed by atoms with E-state index in [4.69, 9.17) is 4.74 Å². The van der Waals surface area contributed by atoms with E-state index in [0.717, 1.165) is 23.1 Å². The van der Waals surface area contributed by atoms with E-state index in [2.05, 4.69) is 17.6 Å². The molecule has 1 aliphatic rings. The van der Waals surface area contributed by atoms with Crippen molar-refractivity contribution in [2.75, 3.05) is 0 Å². The lowest BCUT2D eigenvalue weighted by Gasteiger charge is -2.28. The summed E-state index contributed by atoms with van der Waals surface area (Å²) in [5, 5.41) is 6.16. The fourth-order valence-corrected chi connectivity index (χ4v) is 4.78. The molecule has 2 N–H and O–H groups in total. The number of alkyl carbamates (subject to hydrolysis) is 1. The van der Waals surface area contributed by atoms with Gasteiger partial charge < -0.3 is 15.4 Å². The zero-order valence-corrected chi connectivity index (χ0v) is 19.7. The van der Waals surface area contributed by atoms with Crippen molar-refractivity contribution in [3.05, 3.63) is 108 Å². The SMILES string of the molecule is CC(C(=O)NCc1ccccc1)C1C[C@]1(C)C(NC(=O)OCc1ccccc1)c1ccccc1. The van der Waals surface area contributed by atoms with Crippen LogP contribution in [0.4, 0.5) is 4.79 Å². The average molecular weight is 457 g/mol. The Kier molecular flexibility index (Phi) is 7.31. The maximum absolute atomic E-state index is 12.9. The van der Waals surface area contributed by atoms with Crippen molar-refractivity contribution in [3.63, 3.8) is 0 Å². The molecule has 0 aliphatic heterocycles. The number of benzene rings is 3. The van der Waals surface area contributed by atoms with Gasteiger partial charge in [0, 0.05) is 12.5 Å². The van der Waals surface area contributed by atoms with Gasteiger partial charge in [0.2, 0.25) is 5.91 Å². The smallest absolute Gasteiger partial charge is 0.407 e. The second-order valence-corrected chi connectivity index (χ2v) is 9.36. The van der Waals surface area contributed by atoms with E-state index < -0.39 is 6.09 Å². The summed E-state index contributed by atoms with van der Waals surface area (Å²) < 4.78 is 5.50. The lowest BCUT2D eigenvalue weighted by atomic mass is 9.86. The van der Waals surface area contributed by atoms with Gasteiger partial charge in [0.05, 0.1) is 6.04 Å². The molecule has 0 spiro atoms. The second kappa shape index (κ2) is 10.6. The molecule has 176 valence electrons. The molecule has 34 heavy (non-hydrogen) atoms. The van der Waals surface area contributed by atoms with Crippen LogP contribution in [0.15, 0.2) is 91.0 Å². The first-order chi connectivity index (χ1) is 16.5. The molecule has 4 rings (SSSR count). The molecule has 5 nitrogen and oxygen atoms in total. The summed E-state index contributed by atoms with van der Waals surface area (Å²) in [4.78, 5) is 25.6. The maximum atomic E-state index is 12.9. The third-order valence-corrected chi connectivity index (χ3v) is 6.94. The molecule has 0 saturated heterocycles. The molecule has 4 atom stereocenters. The normalized spacial score (nSPS) is 20.6. The Morgan fingerprint density at radius 3 is 2.09 bits per heavy atom. The molecule has 0 bridgehead atoms. The summed E-state index contributed by atoms with van der Waals surface area (Å²) >= 11 is 0. The first-order valence-electron chi connectivity index (χ1n) is 11.8. The van der Waals surface area contributed by atoms with Crippen molar-refractivity contribution in [1.82, 2.24) is 10.6 Å². The van der Waals surface area contributed by atoms with E-state index in [0.29, 0.717) is 6.54 Å². The van der Waals surface area contributed by atoms with Crippen molar-refractivity contribution < 1.29 is 14.3 Å². The number of nitrogens with one attached hydrogen (secondary N) is 2. The summed E-state index contributed by atoms with van der Waals surface area (Å²) in [6, 6.07) is 29.2. The predicted molar refractivity (Wildman–Crippen MR) is 133 cm³/mol. The van der Waals surface area contributed by atoms with Crippen LogP contribution in [0.5, 0.6) is 0 Å². The first kappa shape index (κ1) is 23.6. The molecule has 1 saturated carbocycles. The molecular formula is C29H32N2O3. The minimum Gasteiger partial charge on any atom is -0.445 e. The van der Waals surface area contributed by atoms with Gasteiger partial charge in [-0.2, -0.15) is 0 Å². The van der Waals surface area contributed by atoms with Gasteiger partial charge in [-0.1, -0.05) is 105 Å². The lowest BCUT2D eigenvalue weighted by molar-refractivity contribution is -0.125. The zero-order chi connectivity index (χ0) is 24.0. The molecule has 3 aromatic carbocycles. The van der Waals surface area contributed by atoms with Crippen LogP contribution in [0.25, 0.3) is 0 Å². The molecule has 5 heteroatoms. The minimum absolute atomic E-state index is 0.0380. The molecule has 0 heterocycles. The molecule has 2 amide bonds. The molecule has 3 unspecified atom stereocenters. The van der Waals surface area contributed by atoms with Crippen molar-refractivity contribution in [3.8, 4) is 0 Å². The van der Waals surface area contributed by atoms with E-state index in [1.54, 1.807) is 0 Å². The Balaban J connectivity index is 1.40. The molecular weight excluding hydrogens is 424 g/mol. The fraction of sp³-hybridized carbons (Fsp3) is 0.310. The van der Waals surface area contributed by atoms with Gasteiger partial charge in [0.25, 0.3) is 0 Å². The zero-order valence-electron chi connectivity index (χ0n) is 19.7. The Hall–Kier alpha value is -3.60. The van der Waals surface area contributed by atoms with Gasteiger partial charge in [-0.25, -0.2) is 4.79 Å². The highest BCUT2D eigenvalue weighted by molar-refractivity contribution is 5.79. The van der Waals surface area contributed by atoms with E-state index in [9.17, 15) is 9.59 Å². The highest BCUT2D eigenvalue weighted by Gasteiger charge is 2.59. The molecule has 1 fully saturated rings. The van der Waals surface area contributed by atoms with Crippen LogP contribution in [-0.4, -0.2) is 12.0 Å². The first-order valence-corrected chi connectivity index (χ1v) is 11.8. The Bertz CT molecular complexity index is 1090. The average Bonchev–Trinajstić information content (AvgIpc) is 3.58. The summed E-state index contributed by atoms with van der Waals surface area (Å²) in [7, 11) is 0. The van der Waals surface area contributed by atoms with Crippen molar-refractivity contribution in [2.45, 2.75) is 39.5 Å². The molecule has 0 radical (unpaired) electrons. The quantitative estimate of drug-likeness (QED) is 0.438. The number of carbonyl (C=O) groups is 2. The Labute approximate surface area is 201 Å². The van der Waals surface area contributed by atoms with Crippen LogP contribution in [0.3, 0.4) is 0 Å². The topological polar surface area (TPSA) is 67.4 Å². The number of ether oxygens (including phenoxy) is 1. The standard InChI is InChI=1S/C29H32N2O3/c1-21(27(32)30-19-22-12-6-3-7-13-22)25-18-29(25,2)26(24-16-10-5-11-17-24)31-28(33)34-20-23-14-8-4-9-15-23/h3-17,21,25-26H,18-20H2,1-2H3,(H,30,32)(H,31,33)/t21?,25?,26?,29-/m0/s1. The third kappa shape index (κ3) is 5.66. The van der Waals surface area contributed by atoms with Gasteiger partial charge in [-0.3, -0.25) is 4.79 Å². The van der Waals surface area contributed by atoms with Crippen LogP contribution in [0.1, 0.15) is 43.0 Å². The number of hydrogen-bond donors (Lipinski definition) is 2. The number of amides is 2. The monoisotopic (exact) mass is 456 g/mol. The maximum Gasteiger partial charge on any atom is 0.407 e. The Morgan fingerprint density at radius 2 is 1.47 bits per heavy atom. The molecule has 0 aromatic heterocycles. The van der Waals surface area contributed by atoms with Gasteiger partial charge in [0.15, 0.2) is 0 Å². The summed E-state index contributed by atoms with van der Waals surface area (Å²) in [5.74, 6) is 0.0287. The van der Waals surface area contributed by atoms with Gasteiger partial charge in [0.1, 0.15) is 6.61 Å². The highest BCUT2D eigenvalue weighted by atomic mass is 16.5. The van der Waals surface area contributed by atoms with Crippen molar-refractivity contribution in [1.29, 1.82) is 0 Å². The number of hydrogen-bond acceptors (Lipinski definition) is 3. The summed E-state index contributed by atoms with van der Waals surface area (Å²) in [6.07, 6.45) is 0.400. The summed E-state index contributed by atoms with van der Waals surface area (Å²) in [6.45, 7) is 4.85. The fourth-order valence-electron chi connectivity index (χ4n) is 4.78. The van der Waals surface area contributed by atoms with Crippen LogP contribution < -0.4 is 10.6 Å². The van der Waals surface area contributed by atoms with Crippen LogP contribution in [-0.2, 0) is 22.7 Å². The molecule has 3 aromatic rings. The minimum atomic E-state index is -0.453. The van der Waals surface area contributed by atoms with E-state index in [-0.39, 0.29) is 35.8 Å². The van der Waals surface area contributed by atoms with Crippen molar-refractivity contribution in [2.24, 2.45) is 17.3 Å². The van der Waals surface area contributed by atoms with Crippen LogP contribution in [0, 0.1) is 17.3 Å². The highest BCUT2D eigenvalue weighted by Crippen LogP contribution is 2.63. The van der Waals surface area contributed by atoms with E-state index in [1.165, 1.54) is 0 Å². The lowest BCUT2D eigenvalue weighted by Crippen LogP contribution is -2.37. The molecule has 1 aliphatic carbocycles. The van der Waals surface area contributed by atoms with Crippen LogP contribution >= 0.6 is 0 Å². The predicted octanol–water partition coefficient (Wildman–Crippen LogP) is 5.63.